The highest BCUT2D eigenvalue weighted by Crippen LogP contribution is 2.49. The first-order valence-electron chi connectivity index (χ1n) is 10.5. The van der Waals surface area contributed by atoms with Gasteiger partial charge in [-0.1, -0.05) is 6.08 Å². The fraction of sp³-hybridized carbons (Fsp3) is 0.476. The van der Waals surface area contributed by atoms with Crippen LogP contribution in [-0.4, -0.2) is 64.6 Å². The smallest absolute Gasteiger partial charge is 0.328 e. The first-order chi connectivity index (χ1) is 15.3. The summed E-state index contributed by atoms with van der Waals surface area (Å²) in [6.45, 7) is 4.30. The second-order valence-electron chi connectivity index (χ2n) is 8.45. The van der Waals surface area contributed by atoms with E-state index in [1.165, 1.54) is 7.11 Å². The zero-order chi connectivity index (χ0) is 22.6. The number of rotatable bonds is 2. The molecule has 0 radical (unpaired) electrons. The van der Waals surface area contributed by atoms with Gasteiger partial charge in [0, 0.05) is 25.1 Å². The molecule has 4 aliphatic heterocycles. The zero-order valence-electron chi connectivity index (χ0n) is 17.9. The average molecular weight is 440 g/mol. The molecule has 1 unspecified atom stereocenters. The van der Waals surface area contributed by atoms with Crippen molar-refractivity contribution in [1.29, 1.82) is 0 Å². The van der Waals surface area contributed by atoms with Crippen LogP contribution in [0.25, 0.3) is 0 Å². The summed E-state index contributed by atoms with van der Waals surface area (Å²) in [5.74, 6) is -0.841. The molecule has 4 atom stereocenters. The van der Waals surface area contributed by atoms with Crippen LogP contribution in [0, 0.1) is 5.41 Å². The molecule has 32 heavy (non-hydrogen) atoms. The molecule has 4 aliphatic rings. The number of amides is 4. The number of ether oxygens (including phenoxy) is 2. The molecule has 0 aliphatic carbocycles. The molecule has 168 valence electrons. The lowest BCUT2D eigenvalue weighted by Gasteiger charge is -2.57. The van der Waals surface area contributed by atoms with Gasteiger partial charge in [-0.25, -0.2) is 9.78 Å². The van der Waals surface area contributed by atoms with Crippen LogP contribution < -0.4 is 20.7 Å². The molecule has 3 N–H and O–H groups in total. The van der Waals surface area contributed by atoms with Gasteiger partial charge in [0.2, 0.25) is 17.7 Å². The number of aromatic nitrogens is 2. The molecule has 5 rings (SSSR count). The van der Waals surface area contributed by atoms with Gasteiger partial charge < -0.3 is 19.7 Å². The van der Waals surface area contributed by atoms with Crippen molar-refractivity contribution in [3.63, 3.8) is 0 Å². The van der Waals surface area contributed by atoms with Crippen LogP contribution in [0.15, 0.2) is 35.9 Å². The van der Waals surface area contributed by atoms with Crippen LogP contribution >= 0.6 is 0 Å². The third-order valence-electron chi connectivity index (χ3n) is 6.50. The van der Waals surface area contributed by atoms with Gasteiger partial charge in [0.15, 0.2) is 5.41 Å². The molecule has 1 aromatic heterocycles. The quantitative estimate of drug-likeness (QED) is 0.549. The molecule has 5 heterocycles. The Labute approximate surface area is 184 Å². The number of allylic oxidation sites excluding steroid dienone is 1. The van der Waals surface area contributed by atoms with E-state index in [1.807, 2.05) is 31.0 Å². The van der Waals surface area contributed by atoms with E-state index in [0.29, 0.717) is 18.1 Å². The molecule has 1 spiro atoms. The van der Waals surface area contributed by atoms with E-state index in [1.54, 1.807) is 12.4 Å². The summed E-state index contributed by atoms with van der Waals surface area (Å²) in [5.41, 5.74) is 0.772. The first kappa shape index (κ1) is 20.4. The van der Waals surface area contributed by atoms with E-state index in [-0.39, 0.29) is 18.6 Å². The second kappa shape index (κ2) is 7.30. The third-order valence-corrected chi connectivity index (χ3v) is 6.50. The lowest BCUT2D eigenvalue weighted by molar-refractivity contribution is -0.170. The fourth-order valence-electron chi connectivity index (χ4n) is 5.32. The summed E-state index contributed by atoms with van der Waals surface area (Å²) in [6, 6.07) is -1.74. The number of barbiturate groups is 1. The van der Waals surface area contributed by atoms with Gasteiger partial charge in [-0.15, -0.1) is 0 Å². The van der Waals surface area contributed by atoms with Gasteiger partial charge >= 0.3 is 6.03 Å². The van der Waals surface area contributed by atoms with Crippen molar-refractivity contribution in [3.8, 4) is 5.88 Å². The van der Waals surface area contributed by atoms with Crippen LogP contribution in [0.5, 0.6) is 5.88 Å². The lowest BCUT2D eigenvalue weighted by atomic mass is 9.65. The normalized spacial score (nSPS) is 30.8. The molecule has 3 fully saturated rings. The number of hydrogen-bond acceptors (Lipinski definition) is 9. The number of piperidine rings is 1. The maximum absolute atomic E-state index is 13.2. The highest BCUT2D eigenvalue weighted by Gasteiger charge is 2.63. The van der Waals surface area contributed by atoms with Gasteiger partial charge in [0.25, 0.3) is 0 Å². The number of dihydropyridines is 1. The number of imide groups is 2. The highest BCUT2D eigenvalue weighted by atomic mass is 16.5. The van der Waals surface area contributed by atoms with Crippen LogP contribution in [0.2, 0.25) is 0 Å². The zero-order valence-corrected chi connectivity index (χ0v) is 17.9. The Bertz CT molecular complexity index is 1050. The SMILES string of the molecule is COc1nccnc1C1C=C2CC3(C(=O)NC(=O)NC3=O)[C@H]3[C@H](C)O[C@H](C)CN3C2=CN1. The Hall–Kier alpha value is -3.47. The molecular formula is C21H24N6O5. The van der Waals surface area contributed by atoms with E-state index in [4.69, 9.17) is 9.47 Å². The molecule has 11 heteroatoms. The summed E-state index contributed by atoms with van der Waals surface area (Å²) >= 11 is 0. The maximum Gasteiger partial charge on any atom is 0.328 e. The van der Waals surface area contributed by atoms with Crippen molar-refractivity contribution in [1.82, 2.24) is 30.8 Å². The number of morpholine rings is 1. The monoisotopic (exact) mass is 440 g/mol. The molecule has 0 bridgehead atoms. The standard InChI is InChI=1S/C21H24N6O5/c1-10-9-27-14-8-24-13(15-17(31-3)23-5-4-22-15)6-12(14)7-21(16(27)11(2)32-10)18(28)25-20(30)26-19(21)29/h4-6,8,10-11,13,16,24H,7,9H2,1-3H3,(H2,25,26,28,29,30)/t10-,11+,13?,16-/m1/s1. The van der Waals surface area contributed by atoms with Gasteiger partial charge in [-0.05, 0) is 25.8 Å². The number of methoxy groups -OCH3 is 1. The summed E-state index contributed by atoms with van der Waals surface area (Å²) in [6.07, 6.45) is 6.53. The van der Waals surface area contributed by atoms with E-state index in [9.17, 15) is 14.4 Å². The largest absolute Gasteiger partial charge is 0.480 e. The number of fused-ring (bicyclic) bond motifs is 4. The number of carbonyl (C=O) groups is 3. The summed E-state index contributed by atoms with van der Waals surface area (Å²) < 4.78 is 11.4. The van der Waals surface area contributed by atoms with Gasteiger partial charge in [-0.3, -0.25) is 25.2 Å². The average Bonchev–Trinajstić information content (AvgIpc) is 2.76. The number of urea groups is 1. The van der Waals surface area contributed by atoms with Crippen LogP contribution in [0.3, 0.4) is 0 Å². The Morgan fingerprint density at radius 2 is 1.88 bits per heavy atom. The summed E-state index contributed by atoms with van der Waals surface area (Å²) in [4.78, 5) is 48.9. The number of hydrogen-bond donors (Lipinski definition) is 3. The predicted molar refractivity (Wildman–Crippen MR) is 110 cm³/mol. The summed E-state index contributed by atoms with van der Waals surface area (Å²) in [7, 11) is 1.52. The molecule has 1 aromatic rings. The van der Waals surface area contributed by atoms with Crippen molar-refractivity contribution < 1.29 is 23.9 Å². The molecule has 11 nitrogen and oxygen atoms in total. The van der Waals surface area contributed by atoms with Gasteiger partial charge in [0.1, 0.15) is 5.69 Å². The van der Waals surface area contributed by atoms with Gasteiger partial charge in [-0.2, -0.15) is 0 Å². The topological polar surface area (TPSA) is 135 Å². The van der Waals surface area contributed by atoms with Crippen molar-refractivity contribution >= 4 is 17.8 Å². The van der Waals surface area contributed by atoms with Gasteiger partial charge in [0.05, 0.1) is 37.1 Å². The van der Waals surface area contributed by atoms with Crippen LogP contribution in [0.4, 0.5) is 4.79 Å². The molecule has 0 saturated carbocycles. The van der Waals surface area contributed by atoms with Crippen molar-refractivity contribution in [3.05, 3.63) is 41.6 Å². The van der Waals surface area contributed by atoms with E-state index in [0.717, 1.165) is 11.3 Å². The molecular weight excluding hydrogens is 416 g/mol. The Balaban J connectivity index is 1.61. The van der Waals surface area contributed by atoms with Crippen LogP contribution in [0.1, 0.15) is 32.0 Å². The Morgan fingerprint density at radius 3 is 2.59 bits per heavy atom. The fourth-order valence-corrected chi connectivity index (χ4v) is 5.32. The Kier molecular flexibility index (Phi) is 4.66. The predicted octanol–water partition coefficient (Wildman–Crippen LogP) is 0.131. The highest BCUT2D eigenvalue weighted by molar-refractivity contribution is 6.20. The third kappa shape index (κ3) is 2.88. The number of nitrogens with one attached hydrogen (secondary N) is 3. The van der Waals surface area contributed by atoms with Crippen molar-refractivity contribution in [2.45, 2.75) is 44.6 Å². The number of carbonyl (C=O) groups excluding carboxylic acids is 3. The first-order valence-corrected chi connectivity index (χ1v) is 10.5. The molecule has 4 amide bonds. The Morgan fingerprint density at radius 1 is 1.16 bits per heavy atom. The minimum Gasteiger partial charge on any atom is -0.480 e. The van der Waals surface area contributed by atoms with Crippen molar-refractivity contribution in [2.75, 3.05) is 13.7 Å². The minimum atomic E-state index is -1.51. The van der Waals surface area contributed by atoms with E-state index >= 15 is 0 Å². The summed E-state index contributed by atoms with van der Waals surface area (Å²) in [5, 5.41) is 7.92. The minimum absolute atomic E-state index is 0.104. The van der Waals surface area contributed by atoms with E-state index < -0.39 is 35.4 Å². The van der Waals surface area contributed by atoms with E-state index in [2.05, 4.69) is 25.9 Å². The molecule has 3 saturated heterocycles. The molecule has 0 aromatic carbocycles. The maximum atomic E-state index is 13.2. The lowest BCUT2D eigenvalue weighted by Crippen LogP contribution is -2.74. The second-order valence-corrected chi connectivity index (χ2v) is 8.45. The number of nitrogens with zero attached hydrogens (tertiary/aromatic N) is 3. The van der Waals surface area contributed by atoms with Crippen molar-refractivity contribution in [2.24, 2.45) is 5.41 Å². The van der Waals surface area contributed by atoms with Crippen LogP contribution in [-0.2, 0) is 14.3 Å².